The van der Waals surface area contributed by atoms with Gasteiger partial charge >= 0.3 is 5.97 Å². The van der Waals surface area contributed by atoms with Crippen LogP contribution in [0.2, 0.25) is 0 Å². The van der Waals surface area contributed by atoms with Crippen molar-refractivity contribution in [3.05, 3.63) is 35.9 Å². The Hall–Kier alpha value is -1.02. The van der Waals surface area contributed by atoms with E-state index < -0.39 is 0 Å². The average molecular weight is 227 g/mol. The fraction of sp³-hybridized carbons (Fsp3) is 0.417. The minimum absolute atomic E-state index is 0.189. The molecule has 15 heavy (non-hydrogen) atoms. The summed E-state index contributed by atoms with van der Waals surface area (Å²) in [4.78, 5) is 11.6. The predicted molar refractivity (Wildman–Crippen MR) is 61.2 cm³/mol. The van der Waals surface area contributed by atoms with E-state index in [2.05, 4.69) is 0 Å². The van der Waals surface area contributed by atoms with Gasteiger partial charge in [-0.15, -0.1) is 11.6 Å². The zero-order valence-corrected chi connectivity index (χ0v) is 9.54. The van der Waals surface area contributed by atoms with Crippen molar-refractivity contribution >= 4 is 17.6 Å². The molecule has 82 valence electrons. The third kappa shape index (κ3) is 3.92. The maximum absolute atomic E-state index is 11.6. The van der Waals surface area contributed by atoms with Gasteiger partial charge in [0.25, 0.3) is 0 Å². The van der Waals surface area contributed by atoms with E-state index in [1.807, 2.05) is 37.3 Å². The zero-order chi connectivity index (χ0) is 11.1. The number of carbonyl (C=O) groups excluding carboxylic acids is 1. The molecule has 0 N–H and O–H groups in total. The number of esters is 1. The average Bonchev–Trinajstić information content (AvgIpc) is 2.29. The summed E-state index contributed by atoms with van der Waals surface area (Å²) >= 11 is 5.49. The first kappa shape index (κ1) is 12.1. The molecule has 0 heterocycles. The van der Waals surface area contributed by atoms with Gasteiger partial charge in [0.15, 0.2) is 0 Å². The predicted octanol–water partition coefficient (Wildman–Crippen LogP) is 2.96. The summed E-state index contributed by atoms with van der Waals surface area (Å²) in [7, 11) is 0. The molecule has 1 aromatic carbocycles. The second-order valence-electron chi connectivity index (χ2n) is 3.34. The number of hydrogen-bond acceptors (Lipinski definition) is 2. The molecular formula is C12H15ClO2. The number of carbonyl (C=O) groups is 1. The third-order valence-corrected chi connectivity index (χ3v) is 2.44. The smallest absolute Gasteiger partial charge is 0.313 e. The number of rotatable bonds is 5. The van der Waals surface area contributed by atoms with Gasteiger partial charge in [0.1, 0.15) is 0 Å². The van der Waals surface area contributed by atoms with E-state index in [4.69, 9.17) is 16.3 Å². The van der Waals surface area contributed by atoms with E-state index >= 15 is 0 Å². The van der Waals surface area contributed by atoms with Crippen LogP contribution >= 0.6 is 11.6 Å². The lowest BCUT2D eigenvalue weighted by molar-refractivity contribution is -0.145. The molecule has 1 aromatic rings. The van der Waals surface area contributed by atoms with Crippen molar-refractivity contribution in [2.45, 2.75) is 19.3 Å². The molecule has 1 unspecified atom stereocenters. The Morgan fingerprint density at radius 2 is 2.07 bits per heavy atom. The van der Waals surface area contributed by atoms with Crippen molar-refractivity contribution in [2.75, 3.05) is 12.5 Å². The van der Waals surface area contributed by atoms with Crippen molar-refractivity contribution < 1.29 is 9.53 Å². The molecule has 0 aliphatic carbocycles. The highest BCUT2D eigenvalue weighted by molar-refractivity contribution is 6.17. The highest BCUT2D eigenvalue weighted by Gasteiger charge is 2.15. The van der Waals surface area contributed by atoms with Crippen molar-refractivity contribution in [2.24, 2.45) is 0 Å². The Morgan fingerprint density at radius 1 is 1.40 bits per heavy atom. The van der Waals surface area contributed by atoms with E-state index in [1.165, 1.54) is 0 Å². The van der Waals surface area contributed by atoms with E-state index in [9.17, 15) is 4.79 Å². The molecule has 1 atom stereocenters. The molecular weight excluding hydrogens is 212 g/mol. The maximum Gasteiger partial charge on any atom is 0.313 e. The van der Waals surface area contributed by atoms with Gasteiger partial charge in [-0.25, -0.2) is 0 Å². The largest absolute Gasteiger partial charge is 0.465 e. The van der Waals surface area contributed by atoms with E-state index in [0.717, 1.165) is 5.56 Å². The lowest BCUT2D eigenvalue weighted by Crippen LogP contribution is -2.14. The Bertz CT molecular complexity index is 298. The molecule has 1 rings (SSSR count). The number of benzene rings is 1. The molecule has 0 aliphatic heterocycles. The van der Waals surface area contributed by atoms with Gasteiger partial charge in [0.2, 0.25) is 0 Å². The summed E-state index contributed by atoms with van der Waals surface area (Å²) in [6.45, 7) is 2.25. The highest BCUT2D eigenvalue weighted by Crippen LogP contribution is 2.15. The fourth-order valence-electron chi connectivity index (χ4n) is 1.23. The Balaban J connectivity index is 2.46. The van der Waals surface area contributed by atoms with Gasteiger partial charge in [0, 0.05) is 5.88 Å². The third-order valence-electron chi connectivity index (χ3n) is 2.18. The number of alkyl halides is 1. The minimum atomic E-state index is -0.207. The van der Waals surface area contributed by atoms with Crippen LogP contribution in [0.4, 0.5) is 0 Å². The summed E-state index contributed by atoms with van der Waals surface area (Å²) in [5.74, 6) is 0.125. The van der Waals surface area contributed by atoms with Gasteiger partial charge in [-0.1, -0.05) is 30.3 Å². The van der Waals surface area contributed by atoms with Gasteiger partial charge < -0.3 is 4.74 Å². The first-order valence-corrected chi connectivity index (χ1v) is 5.56. The monoisotopic (exact) mass is 226 g/mol. The molecule has 0 amide bonds. The molecule has 0 saturated carbocycles. The van der Waals surface area contributed by atoms with Crippen LogP contribution in [0.5, 0.6) is 0 Å². The van der Waals surface area contributed by atoms with Gasteiger partial charge in [-0.05, 0) is 18.9 Å². The van der Waals surface area contributed by atoms with Crippen LogP contribution in [0.3, 0.4) is 0 Å². The molecule has 0 fully saturated rings. The minimum Gasteiger partial charge on any atom is -0.465 e. The van der Waals surface area contributed by atoms with Crippen LogP contribution < -0.4 is 0 Å². The highest BCUT2D eigenvalue weighted by atomic mass is 35.5. The number of ether oxygens (including phenoxy) is 1. The molecule has 0 aliphatic rings. The van der Waals surface area contributed by atoms with Crippen molar-refractivity contribution in [1.82, 2.24) is 0 Å². The van der Waals surface area contributed by atoms with Crippen molar-refractivity contribution in [3.8, 4) is 0 Å². The molecule has 0 bridgehead atoms. The SMILES string of the molecule is CC(C(=O)OCCCCl)c1ccccc1. The Kier molecular flexibility index (Phi) is 5.19. The summed E-state index contributed by atoms with van der Waals surface area (Å²) < 4.78 is 5.08. The second kappa shape index (κ2) is 6.46. The second-order valence-corrected chi connectivity index (χ2v) is 3.72. The van der Waals surface area contributed by atoms with Crippen LogP contribution in [0.1, 0.15) is 24.8 Å². The topological polar surface area (TPSA) is 26.3 Å². The standard InChI is InChI=1S/C12H15ClO2/c1-10(11-6-3-2-4-7-11)12(14)15-9-5-8-13/h2-4,6-7,10H,5,8-9H2,1H3. The van der Waals surface area contributed by atoms with E-state index in [1.54, 1.807) is 0 Å². The molecule has 3 heteroatoms. The van der Waals surface area contributed by atoms with Crippen LogP contribution in [0.25, 0.3) is 0 Å². The quantitative estimate of drug-likeness (QED) is 0.438. The van der Waals surface area contributed by atoms with Gasteiger partial charge in [-0.3, -0.25) is 4.79 Å². The Morgan fingerprint density at radius 3 is 2.67 bits per heavy atom. The number of hydrogen-bond donors (Lipinski definition) is 0. The summed E-state index contributed by atoms with van der Waals surface area (Å²) in [6.07, 6.45) is 0.703. The molecule has 0 spiro atoms. The first-order valence-electron chi connectivity index (χ1n) is 5.03. The summed E-state index contributed by atoms with van der Waals surface area (Å²) in [5.41, 5.74) is 0.980. The summed E-state index contributed by atoms with van der Waals surface area (Å²) in [6, 6.07) is 9.60. The summed E-state index contributed by atoms with van der Waals surface area (Å²) in [5, 5.41) is 0. The zero-order valence-electron chi connectivity index (χ0n) is 8.78. The molecule has 0 aromatic heterocycles. The first-order chi connectivity index (χ1) is 7.25. The van der Waals surface area contributed by atoms with Crippen LogP contribution in [-0.4, -0.2) is 18.5 Å². The molecule has 0 saturated heterocycles. The fourth-order valence-corrected chi connectivity index (χ4v) is 1.34. The van der Waals surface area contributed by atoms with Crippen LogP contribution in [0.15, 0.2) is 30.3 Å². The Labute approximate surface area is 95.2 Å². The normalized spacial score (nSPS) is 12.1. The van der Waals surface area contributed by atoms with Crippen LogP contribution in [0, 0.1) is 0 Å². The van der Waals surface area contributed by atoms with E-state index in [-0.39, 0.29) is 11.9 Å². The number of halogens is 1. The van der Waals surface area contributed by atoms with Crippen molar-refractivity contribution in [3.63, 3.8) is 0 Å². The van der Waals surface area contributed by atoms with E-state index in [0.29, 0.717) is 18.9 Å². The molecule has 0 radical (unpaired) electrons. The maximum atomic E-state index is 11.6. The van der Waals surface area contributed by atoms with Crippen LogP contribution in [-0.2, 0) is 9.53 Å². The lowest BCUT2D eigenvalue weighted by Gasteiger charge is -2.10. The lowest BCUT2D eigenvalue weighted by atomic mass is 10.0. The van der Waals surface area contributed by atoms with Crippen molar-refractivity contribution in [1.29, 1.82) is 0 Å². The molecule has 2 nitrogen and oxygen atoms in total. The van der Waals surface area contributed by atoms with Gasteiger partial charge in [-0.2, -0.15) is 0 Å². The van der Waals surface area contributed by atoms with Gasteiger partial charge in [0.05, 0.1) is 12.5 Å².